The van der Waals surface area contributed by atoms with Crippen LogP contribution in [0.4, 0.5) is 0 Å². The molecule has 2 aliphatic heterocycles. The monoisotopic (exact) mass is 915 g/mol. The summed E-state index contributed by atoms with van der Waals surface area (Å²) in [7, 11) is 0. The first-order valence-corrected chi connectivity index (χ1v) is 16.5. The fourth-order valence-corrected chi connectivity index (χ4v) is 8.46. The van der Waals surface area contributed by atoms with Gasteiger partial charge in [0, 0.05) is 120 Å². The average Bonchev–Trinajstić information content (AvgIpc) is 3.02. The number of nitrogens with one attached hydrogen (secondary N) is 1. The van der Waals surface area contributed by atoms with Crippen LogP contribution in [-0.4, -0.2) is 36.1 Å². The fraction of sp³-hybridized carbons (Fsp3) is 0.125. The minimum absolute atomic E-state index is 0. The summed E-state index contributed by atoms with van der Waals surface area (Å²) < 4.78 is 5.67. The zero-order chi connectivity index (χ0) is 28.6. The molecule has 0 fully saturated rings. The average molecular weight is 916 g/mol. The topological polar surface area (TPSA) is 58.0 Å². The van der Waals surface area contributed by atoms with E-state index in [1.165, 1.54) is 40.3 Å². The molecule has 0 aliphatic carbocycles. The Morgan fingerprint density at radius 1 is 0.733 bits per heavy atom. The maximum Gasteiger partial charge on any atom is 0 e. The molecule has 2 heterocycles. The van der Waals surface area contributed by atoms with Gasteiger partial charge >= 0.3 is 71.8 Å². The maximum atomic E-state index is 12.3. The third-order valence-corrected chi connectivity index (χ3v) is 11.4. The van der Waals surface area contributed by atoms with Crippen LogP contribution in [-0.2, 0) is 18.6 Å². The summed E-state index contributed by atoms with van der Waals surface area (Å²) >= 11 is 8.68. The Kier molecular flexibility index (Phi) is 26.8. The molecular formula is C32H29AlBKNO2PS4TmV. The van der Waals surface area contributed by atoms with Gasteiger partial charge in [-0.25, -0.2) is 0 Å². The molecule has 0 bridgehead atoms. The molecule has 6 radical (unpaired) electrons. The summed E-state index contributed by atoms with van der Waals surface area (Å²) in [5, 5.41) is 0. The summed E-state index contributed by atoms with van der Waals surface area (Å²) in [6, 6.07) is 28.7. The number of fused-ring (bicyclic) bond motifs is 4. The quantitative estimate of drug-likeness (QED) is 0.0866. The number of ketones is 2. The zero-order valence-corrected chi connectivity index (χ0v) is 36.9. The Bertz CT molecular complexity index is 1610. The Hall–Kier alpha value is 1.64. The first-order valence-electron chi connectivity index (χ1n) is 12.6. The SMILES string of the molecule is C=CC(=O)c1ccc2c(c1)Sc1ccccc1S2.CCC(C)C(=O)c1ccc2c(c1)Sc1ccccc1S2.[B].[K+].[NH]=[Al].[PH2-].[Tm].[V]. The van der Waals surface area contributed by atoms with Gasteiger partial charge in [0.05, 0.1) is 0 Å². The van der Waals surface area contributed by atoms with Crippen molar-refractivity contribution in [3.05, 3.63) is 109 Å². The molecule has 6 rings (SSSR count). The first-order chi connectivity index (χ1) is 19.5. The van der Waals surface area contributed by atoms with Crippen molar-refractivity contribution in [1.82, 2.24) is 0 Å². The summed E-state index contributed by atoms with van der Waals surface area (Å²) in [6.07, 6.45) is 2.25. The Labute approximate surface area is 381 Å². The molecule has 1 unspecified atom stereocenters. The molecule has 0 spiro atoms. The van der Waals surface area contributed by atoms with Crippen LogP contribution >= 0.6 is 56.9 Å². The number of carbonyl (C=O) groups is 2. The van der Waals surface area contributed by atoms with Crippen LogP contribution in [0.25, 0.3) is 0 Å². The number of hydrogen-bond acceptors (Lipinski definition) is 7. The first kappa shape index (κ1) is 48.8. The number of Topliss-reactive ketones (excluding diaryl/α,β-unsaturated/α-hetero) is 1. The minimum atomic E-state index is -0.0257. The minimum Gasteiger partial charge on any atom is -0.577 e. The molecule has 1 atom stereocenters. The van der Waals surface area contributed by atoms with Crippen molar-refractivity contribution in [3.63, 3.8) is 0 Å². The van der Waals surface area contributed by atoms with Crippen molar-refractivity contribution < 1.29 is 116 Å². The third-order valence-electron chi connectivity index (χ3n) is 6.28. The van der Waals surface area contributed by atoms with E-state index in [0.29, 0.717) is 5.56 Å². The summed E-state index contributed by atoms with van der Waals surface area (Å²) in [5.74, 6) is 0.323. The second-order valence-electron chi connectivity index (χ2n) is 8.87. The number of benzene rings is 4. The largest absolute Gasteiger partial charge is 0.577 e. The van der Waals surface area contributed by atoms with Gasteiger partial charge < -0.3 is 9.90 Å². The van der Waals surface area contributed by atoms with Crippen LogP contribution in [0.5, 0.6) is 0 Å². The molecule has 4 aromatic carbocycles. The van der Waals surface area contributed by atoms with Crippen LogP contribution < -0.4 is 51.4 Å². The van der Waals surface area contributed by atoms with Crippen molar-refractivity contribution in [3.8, 4) is 0 Å². The van der Waals surface area contributed by atoms with E-state index >= 15 is 0 Å². The molecule has 4 aromatic rings. The molecule has 45 heavy (non-hydrogen) atoms. The van der Waals surface area contributed by atoms with Gasteiger partial charge in [-0.3, -0.25) is 9.59 Å². The van der Waals surface area contributed by atoms with Crippen LogP contribution in [0.15, 0.2) is 137 Å². The van der Waals surface area contributed by atoms with Crippen molar-refractivity contribution >= 4 is 93.0 Å². The van der Waals surface area contributed by atoms with E-state index in [4.69, 9.17) is 4.35 Å². The van der Waals surface area contributed by atoms with Gasteiger partial charge in [-0.15, -0.1) is 0 Å². The Balaban J connectivity index is 0. The predicted octanol–water partition coefficient (Wildman–Crippen LogP) is 7.07. The Morgan fingerprint density at radius 2 is 1.07 bits per heavy atom. The van der Waals surface area contributed by atoms with Crippen molar-refractivity contribution in [2.45, 2.75) is 59.4 Å². The number of carbonyl (C=O) groups excluding carboxylic acids is 2. The molecule has 13 heteroatoms. The molecule has 0 saturated heterocycles. The van der Waals surface area contributed by atoms with E-state index in [1.807, 2.05) is 43.3 Å². The molecule has 2 aliphatic rings. The molecule has 228 valence electrons. The molecular weight excluding hydrogens is 886 g/mol. The van der Waals surface area contributed by atoms with E-state index in [2.05, 4.69) is 62.0 Å². The molecule has 0 amide bonds. The second-order valence-corrected chi connectivity index (χ2v) is 13.2. The van der Waals surface area contributed by atoms with Crippen molar-refractivity contribution in [2.24, 2.45) is 5.92 Å². The smallest absolute Gasteiger partial charge is 0 e. The Morgan fingerprint density at radius 3 is 1.44 bits per heavy atom. The van der Waals surface area contributed by atoms with E-state index in [-0.39, 0.29) is 143 Å². The summed E-state index contributed by atoms with van der Waals surface area (Å²) in [6.45, 7) is 7.58. The molecule has 0 aromatic heterocycles. The number of rotatable bonds is 5. The van der Waals surface area contributed by atoms with Crippen LogP contribution in [0.2, 0.25) is 0 Å². The van der Waals surface area contributed by atoms with Gasteiger partial charge in [0.2, 0.25) is 0 Å². The van der Waals surface area contributed by atoms with E-state index < -0.39 is 0 Å². The fourth-order valence-electron chi connectivity index (χ4n) is 3.95. The van der Waals surface area contributed by atoms with E-state index in [0.717, 1.165) is 16.9 Å². The molecule has 0 saturated carbocycles. The normalized spacial score (nSPS) is 11.4. The van der Waals surface area contributed by atoms with Crippen LogP contribution in [0.1, 0.15) is 41.0 Å². The maximum absolute atomic E-state index is 12.3. The summed E-state index contributed by atoms with van der Waals surface area (Å²) in [5.41, 5.74) is 1.54. The number of allylic oxidation sites excluding steroid dienone is 1. The van der Waals surface area contributed by atoms with Gasteiger partial charge in [0.15, 0.2) is 11.6 Å². The van der Waals surface area contributed by atoms with Gasteiger partial charge in [-0.2, -0.15) is 0 Å². The third kappa shape index (κ3) is 13.0. The van der Waals surface area contributed by atoms with Crippen molar-refractivity contribution in [2.75, 3.05) is 0 Å². The standard InChI is InChI=1S/C17H16OS2.C15H10OS2.Al.B.K.HN.H2P.Tm.V/c1-3-11(2)17(18)12-8-9-15-16(10-12)20-14-7-5-4-6-13(14)19-15;1-2-11(16)10-7-8-14-15(9-10)18-13-6-4-3-5-12(13)17-14;;;;;;;/h4-11H,3H2,1-2H3;2-9H,1H2;;;;1H;1H2;;/q;;;;+1;;-1;;. The predicted molar refractivity (Wildman–Crippen MR) is 185 cm³/mol. The van der Waals surface area contributed by atoms with Gasteiger partial charge in [0.1, 0.15) is 0 Å². The van der Waals surface area contributed by atoms with Gasteiger partial charge in [0.25, 0.3) is 0 Å². The van der Waals surface area contributed by atoms with Crippen LogP contribution in [0.3, 0.4) is 0 Å². The van der Waals surface area contributed by atoms with E-state index in [1.54, 1.807) is 63.1 Å². The molecule has 1 N–H and O–H groups in total. The second kappa shape index (κ2) is 24.7. The van der Waals surface area contributed by atoms with Gasteiger partial charge in [-0.05, 0) is 67.1 Å². The van der Waals surface area contributed by atoms with Gasteiger partial charge in [-0.1, -0.05) is 97.8 Å². The summed E-state index contributed by atoms with van der Waals surface area (Å²) in [4.78, 5) is 33.8. The van der Waals surface area contributed by atoms with E-state index in [9.17, 15) is 9.59 Å². The zero-order valence-electron chi connectivity index (χ0n) is 25.1. The van der Waals surface area contributed by atoms with Crippen LogP contribution in [0, 0.1) is 47.1 Å². The number of hydrogen-bond donors (Lipinski definition) is 1. The van der Waals surface area contributed by atoms with Crippen molar-refractivity contribution in [1.29, 1.82) is 4.35 Å². The molecule has 3 nitrogen and oxygen atoms in total.